The van der Waals surface area contributed by atoms with Crippen LogP contribution in [-0.2, 0) is 0 Å². The van der Waals surface area contributed by atoms with Gasteiger partial charge in [-0.2, -0.15) is 0 Å². The second-order valence-corrected chi connectivity index (χ2v) is 2.98. The number of H-pyrrole nitrogens is 1. The molecule has 2 aromatic rings. The summed E-state index contributed by atoms with van der Waals surface area (Å²) in [5, 5.41) is 0.850. The molecule has 1 aromatic carbocycles. The van der Waals surface area contributed by atoms with Gasteiger partial charge in [0.15, 0.2) is 0 Å². The highest BCUT2D eigenvalue weighted by Gasteiger charge is 1.97. The van der Waals surface area contributed by atoms with Gasteiger partial charge in [0.05, 0.1) is 5.52 Å². The first kappa shape index (κ1) is 8.04. The summed E-state index contributed by atoms with van der Waals surface area (Å²) >= 11 is 0. The van der Waals surface area contributed by atoms with Crippen molar-refractivity contribution in [3.63, 3.8) is 0 Å². The number of benzene rings is 1. The number of fused-ring (bicyclic) bond motifs is 1. The molecule has 0 saturated heterocycles. The van der Waals surface area contributed by atoms with E-state index >= 15 is 0 Å². The number of hydrogen-bond acceptors (Lipinski definition) is 2. The van der Waals surface area contributed by atoms with Gasteiger partial charge in [0, 0.05) is 11.6 Å². The second-order valence-electron chi connectivity index (χ2n) is 2.98. The van der Waals surface area contributed by atoms with Crippen LogP contribution in [0.5, 0.6) is 0 Å². The van der Waals surface area contributed by atoms with Crippen molar-refractivity contribution in [2.45, 2.75) is 6.92 Å². The van der Waals surface area contributed by atoms with Crippen LogP contribution in [0.2, 0.25) is 0 Å². The minimum Gasteiger partial charge on any atom is -0.305 e. The summed E-state index contributed by atoms with van der Waals surface area (Å²) in [5.74, 6) is 0. The van der Waals surface area contributed by atoms with E-state index in [1.807, 2.05) is 13.0 Å². The Morgan fingerprint density at radius 3 is 3.00 bits per heavy atom. The Balaban J connectivity index is 2.89. The van der Waals surface area contributed by atoms with Crippen LogP contribution in [0.4, 0.5) is 0 Å². The Labute approximate surface area is 76.2 Å². The van der Waals surface area contributed by atoms with Crippen LogP contribution in [0, 0.1) is 6.92 Å². The quantitative estimate of drug-likeness (QED) is 0.566. The molecule has 4 heteroatoms. The summed E-state index contributed by atoms with van der Waals surface area (Å²) in [5.41, 5.74) is 2.10. The first-order valence-electron chi connectivity index (χ1n) is 3.92. The molecule has 2 rings (SSSR count). The van der Waals surface area contributed by atoms with Crippen molar-refractivity contribution < 1.29 is 0 Å². The average molecular weight is 170 g/mol. The van der Waals surface area contributed by atoms with E-state index < -0.39 is 0 Å². The fraction of sp³-hybridized carbons (Fsp3) is 0.111. The van der Waals surface area contributed by atoms with Gasteiger partial charge in [-0.05, 0) is 13.0 Å². The molecule has 0 aliphatic heterocycles. The van der Waals surface area contributed by atoms with Crippen molar-refractivity contribution in [1.82, 2.24) is 9.97 Å². The molecule has 1 heterocycles. The van der Waals surface area contributed by atoms with Crippen LogP contribution in [0.3, 0.4) is 0 Å². The number of nitrogens with zero attached hydrogens (tertiary/aromatic N) is 1. The Morgan fingerprint density at radius 2 is 2.23 bits per heavy atom. The summed E-state index contributed by atoms with van der Waals surface area (Å²) < 4.78 is 0. The van der Waals surface area contributed by atoms with Gasteiger partial charge in [-0.3, -0.25) is 0 Å². The molecule has 0 aliphatic rings. The number of aromatic amines is 1. The Kier molecular flexibility index (Phi) is 1.69. The highest BCUT2D eigenvalue weighted by molar-refractivity contribution is 6.34. The van der Waals surface area contributed by atoms with E-state index in [-0.39, 0.29) is 5.69 Å². The molecule has 0 fully saturated rings. The molecule has 2 radical (unpaired) electrons. The topological polar surface area (TPSA) is 45.8 Å². The third kappa shape index (κ3) is 1.35. The molecule has 3 nitrogen and oxygen atoms in total. The van der Waals surface area contributed by atoms with E-state index in [0.29, 0.717) is 5.46 Å². The molecule has 1 N–H and O–H groups in total. The number of hydrogen-bond donors (Lipinski definition) is 1. The molecular weight excluding hydrogens is 163 g/mol. The van der Waals surface area contributed by atoms with Gasteiger partial charge < -0.3 is 4.98 Å². The maximum Gasteiger partial charge on any atom is 0.345 e. The first-order valence-corrected chi connectivity index (χ1v) is 3.92. The minimum atomic E-state index is -0.336. The van der Waals surface area contributed by atoms with Crippen molar-refractivity contribution in [2.24, 2.45) is 0 Å². The Morgan fingerprint density at radius 1 is 1.46 bits per heavy atom. The van der Waals surface area contributed by atoms with Gasteiger partial charge in [0.25, 0.3) is 0 Å². The lowest BCUT2D eigenvalue weighted by Crippen LogP contribution is -2.12. The second kappa shape index (κ2) is 2.73. The van der Waals surface area contributed by atoms with E-state index in [0.717, 1.165) is 16.5 Å². The third-order valence-electron chi connectivity index (χ3n) is 2.00. The highest BCUT2D eigenvalue weighted by Crippen LogP contribution is 2.07. The van der Waals surface area contributed by atoms with E-state index in [2.05, 4.69) is 9.97 Å². The lowest BCUT2D eigenvalue weighted by Gasteiger charge is -2.02. The maximum absolute atomic E-state index is 10.9. The maximum atomic E-state index is 10.9. The monoisotopic (exact) mass is 170 g/mol. The molecule has 0 atom stereocenters. The summed E-state index contributed by atoms with van der Waals surface area (Å²) in [4.78, 5) is 17.1. The first-order chi connectivity index (χ1) is 6.16. The van der Waals surface area contributed by atoms with E-state index in [1.54, 1.807) is 6.07 Å². The fourth-order valence-corrected chi connectivity index (χ4v) is 1.23. The van der Waals surface area contributed by atoms with Crippen LogP contribution in [-0.4, -0.2) is 17.8 Å². The predicted molar refractivity (Wildman–Crippen MR) is 52.5 cm³/mol. The molecule has 0 unspecified atom stereocenters. The van der Waals surface area contributed by atoms with Crippen LogP contribution in [0.1, 0.15) is 5.56 Å². The minimum absolute atomic E-state index is 0.336. The van der Waals surface area contributed by atoms with E-state index in [1.165, 1.54) is 6.20 Å². The third-order valence-corrected chi connectivity index (χ3v) is 2.00. The summed E-state index contributed by atoms with van der Waals surface area (Å²) in [6, 6.07) is 3.64. The SMILES string of the molecule is [B]c1cc2cnc(=O)[nH]c2cc1C. The smallest absolute Gasteiger partial charge is 0.305 e. The van der Waals surface area contributed by atoms with Crippen LogP contribution in [0.15, 0.2) is 23.1 Å². The number of aromatic nitrogens is 2. The van der Waals surface area contributed by atoms with Crippen molar-refractivity contribution in [2.75, 3.05) is 0 Å². The zero-order chi connectivity index (χ0) is 9.42. The van der Waals surface area contributed by atoms with Gasteiger partial charge in [-0.25, -0.2) is 9.78 Å². The summed E-state index contributed by atoms with van der Waals surface area (Å²) in [6.45, 7) is 1.90. The van der Waals surface area contributed by atoms with Crippen LogP contribution >= 0.6 is 0 Å². The molecule has 0 amide bonds. The molecule has 0 saturated carbocycles. The molecule has 0 spiro atoms. The fourth-order valence-electron chi connectivity index (χ4n) is 1.23. The zero-order valence-electron chi connectivity index (χ0n) is 7.16. The average Bonchev–Trinajstić information content (AvgIpc) is 2.08. The van der Waals surface area contributed by atoms with Crippen LogP contribution in [0.25, 0.3) is 10.9 Å². The van der Waals surface area contributed by atoms with Gasteiger partial charge in [0.2, 0.25) is 0 Å². The lowest BCUT2D eigenvalue weighted by molar-refractivity contribution is 1.12. The number of rotatable bonds is 0. The molecule has 0 aliphatic carbocycles. The number of nitrogens with one attached hydrogen (secondary N) is 1. The summed E-state index contributed by atoms with van der Waals surface area (Å²) in [7, 11) is 5.70. The summed E-state index contributed by atoms with van der Waals surface area (Å²) in [6.07, 6.45) is 1.52. The number of aryl methyl sites for hydroxylation is 1. The van der Waals surface area contributed by atoms with Crippen molar-refractivity contribution >= 4 is 24.2 Å². The Bertz CT molecular complexity index is 518. The lowest BCUT2D eigenvalue weighted by atomic mass is 9.90. The molecular formula is C9H7BN2O. The highest BCUT2D eigenvalue weighted by atomic mass is 16.1. The van der Waals surface area contributed by atoms with Crippen LogP contribution < -0.4 is 11.2 Å². The van der Waals surface area contributed by atoms with E-state index in [9.17, 15) is 4.79 Å². The molecule has 0 bridgehead atoms. The normalized spacial score (nSPS) is 10.5. The van der Waals surface area contributed by atoms with Gasteiger partial charge in [0.1, 0.15) is 7.85 Å². The van der Waals surface area contributed by atoms with Crippen molar-refractivity contribution in [3.05, 3.63) is 34.4 Å². The zero-order valence-corrected chi connectivity index (χ0v) is 7.16. The predicted octanol–water partition coefficient (Wildman–Crippen LogP) is 0.0253. The standard InChI is InChI=1S/C9H7BN2O/c1-5-2-8-6(3-7(5)10)4-11-9(13)12-8/h2-4H,1H3,(H,11,12,13). The molecule has 1 aromatic heterocycles. The van der Waals surface area contributed by atoms with Gasteiger partial charge in [-0.15, -0.1) is 0 Å². The molecule has 13 heavy (non-hydrogen) atoms. The van der Waals surface area contributed by atoms with Gasteiger partial charge in [-0.1, -0.05) is 17.1 Å². The van der Waals surface area contributed by atoms with Crippen molar-refractivity contribution in [1.29, 1.82) is 0 Å². The van der Waals surface area contributed by atoms with E-state index in [4.69, 9.17) is 7.85 Å². The van der Waals surface area contributed by atoms with Crippen molar-refractivity contribution in [3.8, 4) is 0 Å². The molecule has 62 valence electrons. The largest absolute Gasteiger partial charge is 0.345 e. The Hall–Kier alpha value is -1.58. The van der Waals surface area contributed by atoms with Gasteiger partial charge >= 0.3 is 5.69 Å².